The van der Waals surface area contributed by atoms with Gasteiger partial charge in [-0.2, -0.15) is 0 Å². The molecule has 3 N–H and O–H groups in total. The van der Waals surface area contributed by atoms with E-state index in [1.807, 2.05) is 45.2 Å². The summed E-state index contributed by atoms with van der Waals surface area (Å²) < 4.78 is 5.58. The van der Waals surface area contributed by atoms with Crippen LogP contribution >= 0.6 is 0 Å². The van der Waals surface area contributed by atoms with Crippen molar-refractivity contribution < 1.29 is 4.74 Å². The first kappa shape index (κ1) is 13.0. The molecule has 1 aromatic rings. The standard InChI is InChI=1S/C13H22N2O/c1-10(2)16-12-6-4-11(5-7-12)13(14)8-9-15-3/h4-7,10,13,15H,8-9,14H2,1-3H3. The average Bonchev–Trinajstić information content (AvgIpc) is 2.26. The van der Waals surface area contributed by atoms with Crippen LogP contribution in [-0.2, 0) is 0 Å². The van der Waals surface area contributed by atoms with E-state index in [-0.39, 0.29) is 12.1 Å². The molecule has 0 bridgehead atoms. The van der Waals surface area contributed by atoms with Crippen LogP contribution in [0, 0.1) is 0 Å². The fraction of sp³-hybridized carbons (Fsp3) is 0.538. The van der Waals surface area contributed by atoms with E-state index in [1.54, 1.807) is 0 Å². The van der Waals surface area contributed by atoms with E-state index in [9.17, 15) is 0 Å². The molecule has 1 atom stereocenters. The third kappa shape index (κ3) is 4.21. The first-order chi connectivity index (χ1) is 7.63. The molecule has 1 aromatic carbocycles. The molecule has 1 rings (SSSR count). The zero-order valence-corrected chi connectivity index (χ0v) is 10.4. The number of nitrogens with one attached hydrogen (secondary N) is 1. The molecule has 0 amide bonds. The highest BCUT2D eigenvalue weighted by Gasteiger charge is 2.05. The van der Waals surface area contributed by atoms with Crippen LogP contribution in [0.15, 0.2) is 24.3 Å². The minimum absolute atomic E-state index is 0.0977. The molecule has 0 saturated heterocycles. The summed E-state index contributed by atoms with van der Waals surface area (Å²) in [6.45, 7) is 4.98. The second kappa shape index (κ2) is 6.51. The van der Waals surface area contributed by atoms with E-state index in [2.05, 4.69) is 5.32 Å². The lowest BCUT2D eigenvalue weighted by molar-refractivity contribution is 0.242. The Balaban J connectivity index is 2.56. The molecule has 0 spiro atoms. The maximum Gasteiger partial charge on any atom is 0.119 e. The number of hydrogen-bond donors (Lipinski definition) is 2. The Kier molecular flexibility index (Phi) is 5.29. The van der Waals surface area contributed by atoms with Crippen molar-refractivity contribution in [3.63, 3.8) is 0 Å². The highest BCUT2D eigenvalue weighted by molar-refractivity contribution is 5.29. The third-order valence-electron chi connectivity index (χ3n) is 2.39. The number of rotatable bonds is 6. The second-order valence-electron chi connectivity index (χ2n) is 4.23. The maximum atomic E-state index is 6.05. The molecule has 0 saturated carbocycles. The number of ether oxygens (including phenoxy) is 1. The number of hydrogen-bond acceptors (Lipinski definition) is 3. The monoisotopic (exact) mass is 222 g/mol. The highest BCUT2D eigenvalue weighted by atomic mass is 16.5. The van der Waals surface area contributed by atoms with Crippen LogP contribution in [0.1, 0.15) is 31.9 Å². The lowest BCUT2D eigenvalue weighted by Gasteiger charge is -2.13. The van der Waals surface area contributed by atoms with Crippen molar-refractivity contribution >= 4 is 0 Å². The third-order valence-corrected chi connectivity index (χ3v) is 2.39. The second-order valence-corrected chi connectivity index (χ2v) is 4.23. The predicted molar refractivity (Wildman–Crippen MR) is 67.7 cm³/mol. The molecule has 90 valence electrons. The maximum absolute atomic E-state index is 6.05. The van der Waals surface area contributed by atoms with Crippen LogP contribution in [0.3, 0.4) is 0 Å². The zero-order chi connectivity index (χ0) is 12.0. The normalized spacial score (nSPS) is 12.8. The summed E-state index contributed by atoms with van der Waals surface area (Å²) >= 11 is 0. The van der Waals surface area contributed by atoms with Crippen LogP contribution in [0.5, 0.6) is 5.75 Å². The van der Waals surface area contributed by atoms with Gasteiger partial charge >= 0.3 is 0 Å². The van der Waals surface area contributed by atoms with Crippen molar-refractivity contribution in [3.8, 4) is 5.75 Å². The molecule has 0 fully saturated rings. The van der Waals surface area contributed by atoms with Crippen LogP contribution < -0.4 is 15.8 Å². The molecule has 1 unspecified atom stereocenters. The lowest BCUT2D eigenvalue weighted by atomic mass is 10.0. The largest absolute Gasteiger partial charge is 0.491 e. The molecule has 3 heteroatoms. The van der Waals surface area contributed by atoms with Gasteiger partial charge in [0.1, 0.15) is 5.75 Å². The summed E-state index contributed by atoms with van der Waals surface area (Å²) in [7, 11) is 1.94. The summed E-state index contributed by atoms with van der Waals surface area (Å²) in [4.78, 5) is 0. The molecule has 0 radical (unpaired) electrons. The van der Waals surface area contributed by atoms with Crippen LogP contribution in [-0.4, -0.2) is 19.7 Å². The summed E-state index contributed by atoms with van der Waals surface area (Å²) in [5.74, 6) is 0.902. The van der Waals surface area contributed by atoms with E-state index in [0.717, 1.165) is 24.3 Å². The Bertz CT molecular complexity index is 295. The Morgan fingerprint density at radius 3 is 2.38 bits per heavy atom. The fourth-order valence-electron chi connectivity index (χ4n) is 1.53. The number of benzene rings is 1. The highest BCUT2D eigenvalue weighted by Crippen LogP contribution is 2.18. The molecule has 0 aromatic heterocycles. The Morgan fingerprint density at radius 1 is 1.25 bits per heavy atom. The van der Waals surface area contributed by atoms with E-state index in [1.165, 1.54) is 0 Å². The van der Waals surface area contributed by atoms with Crippen molar-refractivity contribution in [3.05, 3.63) is 29.8 Å². The first-order valence-corrected chi connectivity index (χ1v) is 5.80. The van der Waals surface area contributed by atoms with Gasteiger partial charge < -0.3 is 15.8 Å². The quantitative estimate of drug-likeness (QED) is 0.774. The summed E-state index contributed by atoms with van der Waals surface area (Å²) in [5, 5.41) is 3.10. The molecular weight excluding hydrogens is 200 g/mol. The molecule has 0 aliphatic heterocycles. The topological polar surface area (TPSA) is 47.3 Å². The minimum atomic E-state index is 0.0977. The van der Waals surface area contributed by atoms with Crippen molar-refractivity contribution in [2.45, 2.75) is 32.4 Å². The van der Waals surface area contributed by atoms with Crippen molar-refractivity contribution in [2.24, 2.45) is 5.73 Å². The predicted octanol–water partition coefficient (Wildman–Crippen LogP) is 2.08. The van der Waals surface area contributed by atoms with E-state index in [0.29, 0.717) is 0 Å². The van der Waals surface area contributed by atoms with Gasteiger partial charge in [0.05, 0.1) is 6.10 Å². The van der Waals surface area contributed by atoms with Crippen LogP contribution in [0.25, 0.3) is 0 Å². The minimum Gasteiger partial charge on any atom is -0.491 e. The first-order valence-electron chi connectivity index (χ1n) is 5.80. The lowest BCUT2D eigenvalue weighted by Crippen LogP contribution is -2.17. The SMILES string of the molecule is CNCCC(N)c1ccc(OC(C)C)cc1. The Morgan fingerprint density at radius 2 is 1.88 bits per heavy atom. The van der Waals surface area contributed by atoms with E-state index >= 15 is 0 Å². The summed E-state index contributed by atoms with van der Waals surface area (Å²) in [5.41, 5.74) is 7.21. The van der Waals surface area contributed by atoms with E-state index in [4.69, 9.17) is 10.5 Å². The number of nitrogens with two attached hydrogens (primary N) is 1. The van der Waals surface area contributed by atoms with E-state index < -0.39 is 0 Å². The molecule has 3 nitrogen and oxygen atoms in total. The van der Waals surface area contributed by atoms with Gasteiger partial charge in [0, 0.05) is 6.04 Å². The molecule has 16 heavy (non-hydrogen) atoms. The van der Waals surface area contributed by atoms with Crippen LogP contribution in [0.4, 0.5) is 0 Å². The van der Waals surface area contributed by atoms with Crippen LogP contribution in [0.2, 0.25) is 0 Å². The van der Waals surface area contributed by atoms with Gasteiger partial charge in [0.2, 0.25) is 0 Å². The van der Waals surface area contributed by atoms with Crippen molar-refractivity contribution in [1.29, 1.82) is 0 Å². The van der Waals surface area contributed by atoms with Gasteiger partial charge in [0.25, 0.3) is 0 Å². The Labute approximate surface area is 98.0 Å². The summed E-state index contributed by atoms with van der Waals surface area (Å²) in [6, 6.07) is 8.14. The zero-order valence-electron chi connectivity index (χ0n) is 10.4. The average molecular weight is 222 g/mol. The van der Waals surface area contributed by atoms with Gasteiger partial charge in [-0.25, -0.2) is 0 Å². The van der Waals surface area contributed by atoms with Gasteiger partial charge in [-0.05, 0) is 51.6 Å². The smallest absolute Gasteiger partial charge is 0.119 e. The van der Waals surface area contributed by atoms with Gasteiger partial charge in [-0.3, -0.25) is 0 Å². The molecule has 0 aliphatic rings. The molecule has 0 heterocycles. The molecular formula is C13H22N2O. The van der Waals surface area contributed by atoms with Crippen molar-refractivity contribution in [1.82, 2.24) is 5.32 Å². The fourth-order valence-corrected chi connectivity index (χ4v) is 1.53. The van der Waals surface area contributed by atoms with Gasteiger partial charge in [-0.1, -0.05) is 12.1 Å². The Hall–Kier alpha value is -1.06. The van der Waals surface area contributed by atoms with Gasteiger partial charge in [-0.15, -0.1) is 0 Å². The summed E-state index contributed by atoms with van der Waals surface area (Å²) in [6.07, 6.45) is 1.16. The molecule has 0 aliphatic carbocycles. The van der Waals surface area contributed by atoms with Gasteiger partial charge in [0.15, 0.2) is 0 Å². The van der Waals surface area contributed by atoms with Crippen molar-refractivity contribution in [2.75, 3.05) is 13.6 Å².